The van der Waals surface area contributed by atoms with E-state index < -0.39 is 18.2 Å². The van der Waals surface area contributed by atoms with E-state index in [1.165, 1.54) is 6.07 Å². The largest absolute Gasteiger partial charge is 0.478 e. The molecule has 28 heavy (non-hydrogen) atoms. The molecule has 0 spiro atoms. The van der Waals surface area contributed by atoms with Crippen molar-refractivity contribution in [2.24, 2.45) is 5.92 Å². The van der Waals surface area contributed by atoms with E-state index in [9.17, 15) is 25.2 Å². The summed E-state index contributed by atoms with van der Waals surface area (Å²) in [7, 11) is 0. The fourth-order valence-corrected chi connectivity index (χ4v) is 3.95. The zero-order chi connectivity index (χ0) is 20.5. The van der Waals surface area contributed by atoms with Crippen molar-refractivity contribution in [1.29, 1.82) is 0 Å². The quantitative estimate of drug-likeness (QED) is 0.361. The third-order valence-electron chi connectivity index (χ3n) is 5.44. The van der Waals surface area contributed by atoms with E-state index in [0.29, 0.717) is 29.6 Å². The number of aliphatic hydroxyl groups is 3. The van der Waals surface area contributed by atoms with Crippen LogP contribution in [0.1, 0.15) is 67.8 Å². The number of benzene rings is 1. The maximum atomic E-state index is 11.7. The van der Waals surface area contributed by atoms with E-state index in [1.54, 1.807) is 30.4 Å². The molecule has 1 aromatic rings. The van der Waals surface area contributed by atoms with Crippen LogP contribution in [0.3, 0.4) is 0 Å². The summed E-state index contributed by atoms with van der Waals surface area (Å²) in [6.07, 6.45) is 8.12. The number of hydrogen-bond acceptors (Lipinski definition) is 4. The summed E-state index contributed by atoms with van der Waals surface area (Å²) >= 11 is 0. The summed E-state index contributed by atoms with van der Waals surface area (Å²) in [5.41, 5.74) is 1.89. The third-order valence-corrected chi connectivity index (χ3v) is 5.44. The van der Waals surface area contributed by atoms with Crippen LogP contribution >= 0.6 is 0 Å². The van der Waals surface area contributed by atoms with E-state index in [4.69, 9.17) is 0 Å². The van der Waals surface area contributed by atoms with Crippen LogP contribution in [-0.4, -0.2) is 45.2 Å². The lowest BCUT2D eigenvalue weighted by Gasteiger charge is -2.23. The number of carboxylic acids is 1. The highest BCUT2D eigenvalue weighted by molar-refractivity contribution is 5.95. The molecule has 0 saturated heterocycles. The molecule has 1 aliphatic carbocycles. The zero-order valence-electron chi connectivity index (χ0n) is 16.6. The topological polar surface area (TPSA) is 98.0 Å². The molecule has 2 rings (SSSR count). The van der Waals surface area contributed by atoms with Gasteiger partial charge in [0.2, 0.25) is 0 Å². The minimum absolute atomic E-state index is 0.152. The highest BCUT2D eigenvalue weighted by atomic mass is 16.4. The molecule has 0 amide bonds. The van der Waals surface area contributed by atoms with Crippen LogP contribution in [0.4, 0.5) is 0 Å². The molecule has 0 bridgehead atoms. The van der Waals surface area contributed by atoms with Crippen LogP contribution in [0.2, 0.25) is 0 Å². The highest BCUT2D eigenvalue weighted by Gasteiger charge is 2.32. The van der Waals surface area contributed by atoms with Crippen molar-refractivity contribution < 1.29 is 25.2 Å². The van der Waals surface area contributed by atoms with Gasteiger partial charge in [0.1, 0.15) is 0 Å². The van der Waals surface area contributed by atoms with Gasteiger partial charge in [-0.1, -0.05) is 63.0 Å². The summed E-state index contributed by atoms with van der Waals surface area (Å²) < 4.78 is 0. The van der Waals surface area contributed by atoms with Gasteiger partial charge < -0.3 is 20.4 Å². The van der Waals surface area contributed by atoms with Crippen LogP contribution in [0.15, 0.2) is 42.0 Å². The monoisotopic (exact) mass is 388 g/mol. The first-order chi connectivity index (χ1) is 13.5. The Morgan fingerprint density at radius 3 is 2.50 bits per heavy atom. The second-order valence-electron chi connectivity index (χ2n) is 7.47. The normalized spacial score (nSPS) is 21.7. The van der Waals surface area contributed by atoms with Gasteiger partial charge in [0.25, 0.3) is 0 Å². The molecule has 1 aliphatic rings. The summed E-state index contributed by atoms with van der Waals surface area (Å²) in [6, 6.07) is 6.70. The van der Waals surface area contributed by atoms with Crippen molar-refractivity contribution in [2.75, 3.05) is 6.61 Å². The van der Waals surface area contributed by atoms with Gasteiger partial charge >= 0.3 is 5.97 Å². The average molecular weight is 389 g/mol. The lowest BCUT2D eigenvalue weighted by atomic mass is 9.83. The van der Waals surface area contributed by atoms with Gasteiger partial charge in [0.05, 0.1) is 24.4 Å². The fourth-order valence-electron chi connectivity index (χ4n) is 3.95. The lowest BCUT2D eigenvalue weighted by Crippen LogP contribution is -2.18. The van der Waals surface area contributed by atoms with E-state index in [0.717, 1.165) is 32.1 Å². The molecule has 5 nitrogen and oxygen atoms in total. The molecular weight excluding hydrogens is 356 g/mol. The first-order valence-electron chi connectivity index (χ1n) is 10.2. The Morgan fingerprint density at radius 1 is 1.21 bits per heavy atom. The summed E-state index contributed by atoms with van der Waals surface area (Å²) in [5.74, 6) is -1.27. The molecule has 0 aromatic heterocycles. The Morgan fingerprint density at radius 2 is 1.93 bits per heavy atom. The SMILES string of the molecule is CCCCCC(O)C=CC(CO)=C(c1ccccc1C(=O)O)C1CCCC1O. The zero-order valence-corrected chi connectivity index (χ0v) is 16.6. The van der Waals surface area contributed by atoms with Crippen LogP contribution in [0.25, 0.3) is 5.57 Å². The second kappa shape index (κ2) is 11.1. The smallest absolute Gasteiger partial charge is 0.336 e. The van der Waals surface area contributed by atoms with Crippen molar-refractivity contribution >= 4 is 11.5 Å². The molecule has 1 aromatic carbocycles. The van der Waals surface area contributed by atoms with Crippen LogP contribution in [0.5, 0.6) is 0 Å². The van der Waals surface area contributed by atoms with Crippen molar-refractivity contribution in [1.82, 2.24) is 0 Å². The third kappa shape index (κ3) is 5.77. The molecule has 1 fully saturated rings. The molecule has 154 valence electrons. The van der Waals surface area contributed by atoms with Crippen molar-refractivity contribution in [2.45, 2.75) is 64.1 Å². The Kier molecular flexibility index (Phi) is 8.90. The molecule has 4 N–H and O–H groups in total. The first-order valence-corrected chi connectivity index (χ1v) is 10.2. The Hall–Kier alpha value is -1.95. The van der Waals surface area contributed by atoms with E-state index in [-0.39, 0.29) is 18.1 Å². The average Bonchev–Trinajstić information content (AvgIpc) is 3.10. The molecule has 0 radical (unpaired) electrons. The van der Waals surface area contributed by atoms with Crippen molar-refractivity contribution in [3.05, 3.63) is 53.1 Å². The predicted octanol–water partition coefficient (Wildman–Crippen LogP) is 3.79. The van der Waals surface area contributed by atoms with E-state index >= 15 is 0 Å². The number of carbonyl (C=O) groups is 1. The fraction of sp³-hybridized carbons (Fsp3) is 0.522. The van der Waals surface area contributed by atoms with E-state index in [2.05, 4.69) is 6.92 Å². The van der Waals surface area contributed by atoms with Crippen molar-refractivity contribution in [3.8, 4) is 0 Å². The minimum Gasteiger partial charge on any atom is -0.478 e. The molecular formula is C23H32O5. The number of aromatic carboxylic acids is 1. The minimum atomic E-state index is -1.04. The van der Waals surface area contributed by atoms with Crippen LogP contribution in [0, 0.1) is 5.92 Å². The van der Waals surface area contributed by atoms with Gasteiger partial charge in [-0.25, -0.2) is 4.79 Å². The standard InChI is InChI=1S/C23H32O5/c1-2-3-4-8-17(25)14-13-16(15-24)22(20-11-7-12-21(20)26)18-9-5-6-10-19(18)23(27)28/h5-6,9-10,13-14,17,20-21,24-26H,2-4,7-8,11-12,15H2,1H3,(H,27,28). The predicted molar refractivity (Wildman–Crippen MR) is 110 cm³/mol. The van der Waals surface area contributed by atoms with E-state index in [1.807, 2.05) is 0 Å². The van der Waals surface area contributed by atoms with Gasteiger partial charge in [-0.3, -0.25) is 0 Å². The number of carboxylic acid groups (broad SMARTS) is 1. The van der Waals surface area contributed by atoms with Crippen LogP contribution < -0.4 is 0 Å². The van der Waals surface area contributed by atoms with Gasteiger partial charge in [0, 0.05) is 5.92 Å². The van der Waals surface area contributed by atoms with Gasteiger partial charge in [-0.2, -0.15) is 0 Å². The summed E-state index contributed by atoms with van der Waals surface area (Å²) in [4.78, 5) is 11.7. The number of aliphatic hydroxyl groups excluding tert-OH is 3. The molecule has 0 aliphatic heterocycles. The lowest BCUT2D eigenvalue weighted by molar-refractivity contribution is 0.0696. The van der Waals surface area contributed by atoms with Crippen LogP contribution in [-0.2, 0) is 0 Å². The molecule has 0 heterocycles. The first kappa shape index (κ1) is 22.3. The summed E-state index contributed by atoms with van der Waals surface area (Å²) in [5, 5.41) is 40.3. The Balaban J connectivity index is 2.45. The summed E-state index contributed by atoms with van der Waals surface area (Å²) in [6.45, 7) is 1.82. The number of rotatable bonds is 10. The molecule has 1 saturated carbocycles. The molecule has 3 atom stereocenters. The number of unbranched alkanes of at least 4 members (excludes halogenated alkanes) is 2. The van der Waals surface area contributed by atoms with Crippen molar-refractivity contribution in [3.63, 3.8) is 0 Å². The second-order valence-corrected chi connectivity index (χ2v) is 7.47. The highest BCUT2D eigenvalue weighted by Crippen LogP contribution is 2.40. The van der Waals surface area contributed by atoms with Gasteiger partial charge in [-0.15, -0.1) is 0 Å². The molecule has 5 heteroatoms. The maximum absolute atomic E-state index is 11.7. The Labute approximate surface area is 167 Å². The maximum Gasteiger partial charge on any atom is 0.336 e. The number of hydrogen-bond donors (Lipinski definition) is 4. The van der Waals surface area contributed by atoms with Gasteiger partial charge in [-0.05, 0) is 42.0 Å². The van der Waals surface area contributed by atoms with Gasteiger partial charge in [0.15, 0.2) is 0 Å². The Bertz CT molecular complexity index is 707. The molecule has 3 unspecified atom stereocenters.